The Kier molecular flexibility index (Phi) is 52.6. The second-order valence-corrected chi connectivity index (χ2v) is 19.6. The lowest BCUT2D eigenvalue weighted by molar-refractivity contribution is -0.143. The van der Waals surface area contributed by atoms with Crippen LogP contribution in [-0.4, -0.2) is 47.4 Å². The first kappa shape index (κ1) is 62.3. The third kappa shape index (κ3) is 49.8. The number of esters is 1. The number of carbonyl (C=O) groups excluding carboxylic acids is 2. The number of rotatable bonds is 53. The quantitative estimate of drug-likeness (QED) is 0.0321. The molecule has 0 saturated heterocycles. The molecule has 2 atom stereocenters. The molecule has 0 aliphatic heterocycles. The number of ether oxygens (including phenoxy) is 1. The molecule has 64 heavy (non-hydrogen) atoms. The van der Waals surface area contributed by atoms with Crippen LogP contribution >= 0.6 is 0 Å². The number of hydrogen-bond donors (Lipinski definition) is 3. The molecule has 0 bridgehead atoms. The van der Waals surface area contributed by atoms with Crippen molar-refractivity contribution in [2.75, 3.05) is 13.2 Å². The number of amides is 1. The van der Waals surface area contributed by atoms with E-state index in [-0.39, 0.29) is 18.5 Å². The van der Waals surface area contributed by atoms with Gasteiger partial charge in [-0.15, -0.1) is 0 Å². The average molecular weight is 903 g/mol. The minimum Gasteiger partial charge on any atom is -0.466 e. The molecular formula is C58H111NO5. The summed E-state index contributed by atoms with van der Waals surface area (Å²) in [7, 11) is 0. The monoisotopic (exact) mass is 902 g/mol. The number of carbonyl (C=O) groups is 2. The van der Waals surface area contributed by atoms with Gasteiger partial charge >= 0.3 is 5.97 Å². The van der Waals surface area contributed by atoms with Gasteiger partial charge < -0.3 is 20.3 Å². The van der Waals surface area contributed by atoms with Gasteiger partial charge in [0.05, 0.1) is 25.4 Å². The third-order valence-corrected chi connectivity index (χ3v) is 13.2. The Balaban J connectivity index is 3.36. The predicted molar refractivity (Wildman–Crippen MR) is 278 cm³/mol. The fraction of sp³-hybridized carbons (Fsp3) is 0.897. The van der Waals surface area contributed by atoms with E-state index in [1.165, 1.54) is 238 Å². The van der Waals surface area contributed by atoms with Gasteiger partial charge in [-0.25, -0.2) is 0 Å². The van der Waals surface area contributed by atoms with Crippen LogP contribution in [0.5, 0.6) is 0 Å². The molecule has 0 saturated carbocycles. The topological polar surface area (TPSA) is 95.9 Å². The Hall–Kier alpha value is -1.66. The first-order valence-corrected chi connectivity index (χ1v) is 28.6. The standard InChI is InChI=1S/C58H111NO5/c1-3-5-7-9-11-13-30-34-38-42-46-50-56(61)55(54-60)59-57(62)51-47-43-39-35-32-28-26-24-22-20-18-16-15-17-19-21-23-25-27-29-33-37-41-45-49-53-64-58(63)52-48-44-40-36-31-14-12-10-8-6-4-2/h10,12,46,50,55-56,60-61H,3-9,11,13-45,47-49,51-54H2,1-2H3,(H,59,62)/b12-10-,50-46+. The van der Waals surface area contributed by atoms with Crippen molar-refractivity contribution >= 4 is 11.9 Å². The van der Waals surface area contributed by atoms with Gasteiger partial charge in [0.25, 0.3) is 0 Å². The minimum atomic E-state index is -0.841. The summed E-state index contributed by atoms with van der Waals surface area (Å²) in [6.07, 6.45) is 65.0. The molecule has 0 aliphatic carbocycles. The SMILES string of the molecule is CCCC/C=C\CCCCCCCC(=O)OCCCCCCCCCCCCCCCCCCCCCCCCCCCC(=O)NC(CO)C(O)/C=C/CCCCCCCCCCC. The molecule has 378 valence electrons. The van der Waals surface area contributed by atoms with Crippen LogP contribution in [0.2, 0.25) is 0 Å². The molecule has 0 aromatic rings. The molecule has 6 nitrogen and oxygen atoms in total. The lowest BCUT2D eigenvalue weighted by Crippen LogP contribution is -2.45. The zero-order valence-corrected chi connectivity index (χ0v) is 43.0. The maximum absolute atomic E-state index is 12.4. The molecule has 0 aromatic heterocycles. The minimum absolute atomic E-state index is 0.00463. The van der Waals surface area contributed by atoms with Gasteiger partial charge in [0.2, 0.25) is 5.91 Å². The molecule has 1 amide bonds. The molecule has 2 unspecified atom stereocenters. The molecule has 0 radical (unpaired) electrons. The maximum Gasteiger partial charge on any atom is 0.305 e. The number of aliphatic hydroxyl groups excluding tert-OH is 2. The highest BCUT2D eigenvalue weighted by atomic mass is 16.5. The fourth-order valence-electron chi connectivity index (χ4n) is 8.79. The van der Waals surface area contributed by atoms with Gasteiger partial charge in [-0.2, -0.15) is 0 Å². The predicted octanol–water partition coefficient (Wildman–Crippen LogP) is 17.5. The molecular weight excluding hydrogens is 791 g/mol. The molecule has 0 fully saturated rings. The summed E-state index contributed by atoms with van der Waals surface area (Å²) in [5.41, 5.74) is 0. The lowest BCUT2D eigenvalue weighted by atomic mass is 10.0. The van der Waals surface area contributed by atoms with Gasteiger partial charge in [0, 0.05) is 12.8 Å². The summed E-state index contributed by atoms with van der Waals surface area (Å²) in [4.78, 5) is 24.4. The molecule has 0 spiro atoms. The van der Waals surface area contributed by atoms with Crippen LogP contribution in [-0.2, 0) is 14.3 Å². The Morgan fingerprint density at radius 2 is 0.750 bits per heavy atom. The third-order valence-electron chi connectivity index (χ3n) is 13.2. The van der Waals surface area contributed by atoms with E-state index in [1.54, 1.807) is 6.08 Å². The zero-order valence-electron chi connectivity index (χ0n) is 43.0. The van der Waals surface area contributed by atoms with E-state index in [1.807, 2.05) is 6.08 Å². The molecule has 0 heterocycles. The van der Waals surface area contributed by atoms with Crippen molar-refractivity contribution in [3.05, 3.63) is 24.3 Å². The maximum atomic E-state index is 12.4. The van der Waals surface area contributed by atoms with Crippen LogP contribution in [0.25, 0.3) is 0 Å². The summed E-state index contributed by atoms with van der Waals surface area (Å²) in [5, 5.41) is 23.0. The molecule has 0 aromatic carbocycles. The van der Waals surface area contributed by atoms with Crippen LogP contribution in [0.1, 0.15) is 309 Å². The number of nitrogens with one attached hydrogen (secondary N) is 1. The number of allylic oxidation sites excluding steroid dienone is 3. The van der Waals surface area contributed by atoms with Gasteiger partial charge in [0.15, 0.2) is 0 Å². The normalized spacial score (nSPS) is 12.8. The lowest BCUT2D eigenvalue weighted by Gasteiger charge is -2.20. The summed E-state index contributed by atoms with van der Waals surface area (Å²) in [5.74, 6) is -0.0624. The Labute approximate surface area is 399 Å². The largest absolute Gasteiger partial charge is 0.466 e. The van der Waals surface area contributed by atoms with Crippen molar-refractivity contribution in [2.24, 2.45) is 0 Å². The highest BCUT2D eigenvalue weighted by Gasteiger charge is 2.18. The first-order valence-electron chi connectivity index (χ1n) is 28.6. The van der Waals surface area contributed by atoms with E-state index >= 15 is 0 Å². The summed E-state index contributed by atoms with van der Waals surface area (Å²) < 4.78 is 5.46. The van der Waals surface area contributed by atoms with E-state index in [0.717, 1.165) is 44.9 Å². The van der Waals surface area contributed by atoms with E-state index in [4.69, 9.17) is 4.74 Å². The van der Waals surface area contributed by atoms with Crippen LogP contribution in [0, 0.1) is 0 Å². The summed E-state index contributed by atoms with van der Waals surface area (Å²) in [6.45, 7) is 4.86. The van der Waals surface area contributed by atoms with Crippen molar-refractivity contribution in [1.29, 1.82) is 0 Å². The van der Waals surface area contributed by atoms with Gasteiger partial charge in [-0.05, 0) is 51.4 Å². The highest BCUT2D eigenvalue weighted by Crippen LogP contribution is 2.17. The van der Waals surface area contributed by atoms with E-state index < -0.39 is 12.1 Å². The van der Waals surface area contributed by atoms with Gasteiger partial charge in [-0.3, -0.25) is 9.59 Å². The van der Waals surface area contributed by atoms with Crippen LogP contribution in [0.15, 0.2) is 24.3 Å². The highest BCUT2D eigenvalue weighted by molar-refractivity contribution is 5.76. The van der Waals surface area contributed by atoms with E-state index in [2.05, 4.69) is 31.3 Å². The Morgan fingerprint density at radius 1 is 0.422 bits per heavy atom. The Bertz CT molecular complexity index is 997. The van der Waals surface area contributed by atoms with Crippen molar-refractivity contribution in [3.63, 3.8) is 0 Å². The first-order chi connectivity index (χ1) is 31.5. The van der Waals surface area contributed by atoms with E-state index in [9.17, 15) is 19.8 Å². The van der Waals surface area contributed by atoms with E-state index in [0.29, 0.717) is 19.4 Å². The Morgan fingerprint density at radius 3 is 1.16 bits per heavy atom. The molecule has 3 N–H and O–H groups in total. The van der Waals surface area contributed by atoms with Crippen molar-refractivity contribution < 1.29 is 24.5 Å². The number of unbranched alkanes of at least 4 members (excludes halogenated alkanes) is 40. The van der Waals surface area contributed by atoms with Crippen LogP contribution in [0.3, 0.4) is 0 Å². The second-order valence-electron chi connectivity index (χ2n) is 19.6. The summed E-state index contributed by atoms with van der Waals surface area (Å²) in [6, 6.07) is -0.624. The smallest absolute Gasteiger partial charge is 0.305 e. The van der Waals surface area contributed by atoms with Crippen LogP contribution < -0.4 is 5.32 Å². The average Bonchev–Trinajstić information content (AvgIpc) is 3.29. The molecule has 0 aliphatic rings. The molecule has 6 heteroatoms. The number of hydrogen-bond acceptors (Lipinski definition) is 5. The van der Waals surface area contributed by atoms with Gasteiger partial charge in [-0.1, -0.05) is 269 Å². The fourth-order valence-corrected chi connectivity index (χ4v) is 8.79. The van der Waals surface area contributed by atoms with Crippen molar-refractivity contribution in [3.8, 4) is 0 Å². The molecule has 0 rings (SSSR count). The number of aliphatic hydroxyl groups is 2. The second kappa shape index (κ2) is 54.0. The van der Waals surface area contributed by atoms with Gasteiger partial charge in [0.1, 0.15) is 0 Å². The van der Waals surface area contributed by atoms with Crippen LogP contribution in [0.4, 0.5) is 0 Å². The van der Waals surface area contributed by atoms with Crippen molar-refractivity contribution in [1.82, 2.24) is 5.32 Å². The summed E-state index contributed by atoms with van der Waals surface area (Å²) >= 11 is 0. The van der Waals surface area contributed by atoms with Crippen molar-refractivity contribution in [2.45, 2.75) is 321 Å². The zero-order chi connectivity index (χ0) is 46.5.